The third kappa shape index (κ3) is 6.80. The Morgan fingerprint density at radius 2 is 1.58 bits per heavy atom. The molecular weight excluding hydrogens is 412 g/mol. The van der Waals surface area contributed by atoms with Crippen LogP contribution < -0.4 is 14.8 Å². The topological polar surface area (TPSA) is 84.5 Å². The fourth-order valence-corrected chi connectivity index (χ4v) is 4.56. The van der Waals surface area contributed by atoms with Crippen LogP contribution in [-0.2, 0) is 14.8 Å². The lowest BCUT2D eigenvalue weighted by atomic mass is 9.96. The van der Waals surface area contributed by atoms with E-state index in [4.69, 9.17) is 4.74 Å². The van der Waals surface area contributed by atoms with Crippen LogP contribution in [0, 0.1) is 33.6 Å². The summed E-state index contributed by atoms with van der Waals surface area (Å²) in [5, 5.41) is 2.97. The van der Waals surface area contributed by atoms with Gasteiger partial charge in [0.25, 0.3) is 5.91 Å². The van der Waals surface area contributed by atoms with E-state index in [1.54, 1.807) is 19.1 Å². The average molecular weight is 447 g/mol. The molecule has 31 heavy (non-hydrogen) atoms. The SMILES string of the molecule is Cc1cc(C)c([C@H](C)NC(=O)COc2ccc(S(=O)(=O)NCC(C)C)cc2C)cc1C. The van der Waals surface area contributed by atoms with Crippen molar-refractivity contribution in [1.29, 1.82) is 0 Å². The van der Waals surface area contributed by atoms with Crippen molar-refractivity contribution in [2.75, 3.05) is 13.2 Å². The largest absolute Gasteiger partial charge is 0.484 e. The van der Waals surface area contributed by atoms with E-state index >= 15 is 0 Å². The van der Waals surface area contributed by atoms with Crippen molar-refractivity contribution in [1.82, 2.24) is 10.0 Å². The van der Waals surface area contributed by atoms with Crippen molar-refractivity contribution in [2.24, 2.45) is 5.92 Å². The second-order valence-electron chi connectivity index (χ2n) is 8.54. The van der Waals surface area contributed by atoms with Crippen molar-refractivity contribution in [2.45, 2.75) is 59.4 Å². The number of hydrogen-bond donors (Lipinski definition) is 2. The number of rotatable bonds is 9. The third-order valence-corrected chi connectivity index (χ3v) is 6.64. The standard InChI is InChI=1S/C24H34N2O4S/c1-15(2)13-25-31(28,29)21-8-9-23(19(6)11-21)30-14-24(27)26-20(7)22-12-17(4)16(3)10-18(22)5/h8-12,15,20,25H,13-14H2,1-7H3,(H,26,27)/t20-/m0/s1. The van der Waals surface area contributed by atoms with Crippen molar-refractivity contribution in [3.05, 3.63) is 58.1 Å². The summed E-state index contributed by atoms with van der Waals surface area (Å²) in [5.41, 5.74) is 5.28. The molecule has 0 bridgehead atoms. The molecule has 0 radical (unpaired) electrons. The number of aryl methyl sites for hydroxylation is 4. The second-order valence-corrected chi connectivity index (χ2v) is 10.3. The van der Waals surface area contributed by atoms with E-state index in [0.29, 0.717) is 17.9 Å². The van der Waals surface area contributed by atoms with Crippen LogP contribution in [0.25, 0.3) is 0 Å². The first-order chi connectivity index (χ1) is 14.4. The van der Waals surface area contributed by atoms with Gasteiger partial charge in [0.15, 0.2) is 6.61 Å². The molecular formula is C24H34N2O4S. The Labute approximate surface area is 186 Å². The number of hydrogen-bond acceptors (Lipinski definition) is 4. The molecule has 0 aliphatic heterocycles. The summed E-state index contributed by atoms with van der Waals surface area (Å²) in [7, 11) is -3.57. The first-order valence-electron chi connectivity index (χ1n) is 10.5. The molecule has 2 rings (SSSR count). The monoisotopic (exact) mass is 446 g/mol. The highest BCUT2D eigenvalue weighted by atomic mass is 32.2. The maximum Gasteiger partial charge on any atom is 0.258 e. The molecule has 2 N–H and O–H groups in total. The molecule has 0 spiro atoms. The molecule has 1 atom stereocenters. The van der Waals surface area contributed by atoms with Gasteiger partial charge in [-0.1, -0.05) is 26.0 Å². The second kappa shape index (κ2) is 10.3. The van der Waals surface area contributed by atoms with Gasteiger partial charge in [-0.25, -0.2) is 13.1 Å². The van der Waals surface area contributed by atoms with Crippen molar-refractivity contribution >= 4 is 15.9 Å². The summed E-state index contributed by atoms with van der Waals surface area (Å²) in [6.07, 6.45) is 0. The lowest BCUT2D eigenvalue weighted by molar-refractivity contribution is -0.123. The van der Waals surface area contributed by atoms with Gasteiger partial charge in [-0.15, -0.1) is 0 Å². The molecule has 0 saturated heterocycles. The van der Waals surface area contributed by atoms with Crippen LogP contribution in [-0.4, -0.2) is 27.5 Å². The molecule has 170 valence electrons. The molecule has 2 aromatic carbocycles. The summed E-state index contributed by atoms with van der Waals surface area (Å²) in [5.74, 6) is 0.458. The molecule has 0 aromatic heterocycles. The highest BCUT2D eigenvalue weighted by Gasteiger charge is 2.17. The first-order valence-corrected chi connectivity index (χ1v) is 12.0. The molecule has 0 aliphatic carbocycles. The number of sulfonamides is 1. The molecule has 0 saturated carbocycles. The number of carbonyl (C=O) groups excluding carboxylic acids is 1. The van der Waals surface area contributed by atoms with E-state index in [2.05, 4.69) is 36.0 Å². The van der Waals surface area contributed by atoms with Gasteiger partial charge in [-0.05, 0) is 86.6 Å². The lowest BCUT2D eigenvalue weighted by Crippen LogP contribution is -2.31. The molecule has 2 aromatic rings. The average Bonchev–Trinajstić information content (AvgIpc) is 2.68. The van der Waals surface area contributed by atoms with Crippen molar-refractivity contribution in [3.8, 4) is 5.75 Å². The third-order valence-electron chi connectivity index (χ3n) is 5.22. The van der Waals surface area contributed by atoms with E-state index < -0.39 is 10.0 Å². The number of ether oxygens (including phenoxy) is 1. The van der Waals surface area contributed by atoms with Crippen LogP contribution >= 0.6 is 0 Å². The quantitative estimate of drug-likeness (QED) is 0.607. The fourth-order valence-electron chi connectivity index (χ4n) is 3.26. The van der Waals surface area contributed by atoms with E-state index in [1.165, 1.54) is 17.2 Å². The van der Waals surface area contributed by atoms with Crippen LogP contribution in [0.5, 0.6) is 5.75 Å². The normalized spacial score (nSPS) is 12.6. The van der Waals surface area contributed by atoms with Crippen LogP contribution in [0.2, 0.25) is 0 Å². The first kappa shape index (κ1) is 24.9. The molecule has 0 unspecified atom stereocenters. The van der Waals surface area contributed by atoms with Gasteiger partial charge >= 0.3 is 0 Å². The van der Waals surface area contributed by atoms with Gasteiger partial charge in [-0.3, -0.25) is 4.79 Å². The van der Waals surface area contributed by atoms with Gasteiger partial charge < -0.3 is 10.1 Å². The van der Waals surface area contributed by atoms with Gasteiger partial charge in [0, 0.05) is 6.54 Å². The molecule has 0 fully saturated rings. The maximum atomic E-state index is 12.4. The highest BCUT2D eigenvalue weighted by molar-refractivity contribution is 7.89. The maximum absolute atomic E-state index is 12.4. The summed E-state index contributed by atoms with van der Waals surface area (Å²) < 4.78 is 33.0. The zero-order valence-corrected chi connectivity index (χ0v) is 20.3. The van der Waals surface area contributed by atoms with E-state index in [9.17, 15) is 13.2 Å². The minimum Gasteiger partial charge on any atom is -0.484 e. The van der Waals surface area contributed by atoms with E-state index in [0.717, 1.165) is 11.1 Å². The molecule has 6 nitrogen and oxygen atoms in total. The Hall–Kier alpha value is -2.38. The van der Waals surface area contributed by atoms with Gasteiger partial charge in [0.05, 0.1) is 10.9 Å². The smallest absolute Gasteiger partial charge is 0.258 e. The van der Waals surface area contributed by atoms with E-state index in [-0.39, 0.29) is 29.4 Å². The van der Waals surface area contributed by atoms with Gasteiger partial charge in [-0.2, -0.15) is 0 Å². The Balaban J connectivity index is 2.00. The number of benzene rings is 2. The molecule has 1 amide bonds. The number of carbonyl (C=O) groups is 1. The minimum absolute atomic E-state index is 0.143. The van der Waals surface area contributed by atoms with Crippen molar-refractivity contribution in [3.63, 3.8) is 0 Å². The lowest BCUT2D eigenvalue weighted by Gasteiger charge is -2.19. The predicted octanol–water partition coefficient (Wildman–Crippen LogP) is 4.11. The zero-order valence-electron chi connectivity index (χ0n) is 19.5. The number of nitrogens with one attached hydrogen (secondary N) is 2. The molecule has 0 heterocycles. The van der Waals surface area contributed by atoms with Gasteiger partial charge in [0.2, 0.25) is 10.0 Å². The molecule has 0 aliphatic rings. The summed E-state index contributed by atoms with van der Waals surface area (Å²) in [6.45, 7) is 14.0. The molecule has 7 heteroatoms. The number of amides is 1. The van der Waals surface area contributed by atoms with Crippen molar-refractivity contribution < 1.29 is 17.9 Å². The van der Waals surface area contributed by atoms with Crippen LogP contribution in [0.15, 0.2) is 35.2 Å². The Kier molecular flexibility index (Phi) is 8.26. The van der Waals surface area contributed by atoms with Crippen LogP contribution in [0.4, 0.5) is 0 Å². The summed E-state index contributed by atoms with van der Waals surface area (Å²) in [4.78, 5) is 12.6. The van der Waals surface area contributed by atoms with Crippen LogP contribution in [0.3, 0.4) is 0 Å². The Bertz CT molecular complexity index is 1050. The minimum atomic E-state index is -3.57. The van der Waals surface area contributed by atoms with Crippen LogP contribution in [0.1, 0.15) is 54.6 Å². The highest BCUT2D eigenvalue weighted by Crippen LogP contribution is 2.23. The summed E-state index contributed by atoms with van der Waals surface area (Å²) >= 11 is 0. The Morgan fingerprint density at radius 1 is 0.935 bits per heavy atom. The fraction of sp³-hybridized carbons (Fsp3) is 0.458. The summed E-state index contributed by atoms with van der Waals surface area (Å²) in [6, 6.07) is 8.71. The van der Waals surface area contributed by atoms with E-state index in [1.807, 2.05) is 27.7 Å². The zero-order chi connectivity index (χ0) is 23.3. The van der Waals surface area contributed by atoms with Gasteiger partial charge in [0.1, 0.15) is 5.75 Å². The Morgan fingerprint density at radius 3 is 2.19 bits per heavy atom. The predicted molar refractivity (Wildman–Crippen MR) is 124 cm³/mol.